The van der Waals surface area contributed by atoms with Crippen molar-refractivity contribution in [3.63, 3.8) is 0 Å². The lowest BCUT2D eigenvalue weighted by Crippen LogP contribution is -2.42. The van der Waals surface area contributed by atoms with E-state index in [-0.39, 0.29) is 0 Å². The Morgan fingerprint density at radius 1 is 1.10 bits per heavy atom. The molecule has 1 aliphatic rings. The zero-order valence-corrected chi connectivity index (χ0v) is 14.8. The van der Waals surface area contributed by atoms with Crippen molar-refractivity contribution in [1.82, 2.24) is 4.90 Å². The lowest BCUT2D eigenvalue weighted by molar-refractivity contribution is 0.201. The molecule has 0 spiro atoms. The molecule has 2 heteroatoms. The zero-order valence-electron chi connectivity index (χ0n) is 14.0. The van der Waals surface area contributed by atoms with Crippen LogP contribution in [-0.2, 0) is 0 Å². The monoisotopic (exact) mass is 295 g/mol. The molecule has 0 aromatic rings. The van der Waals surface area contributed by atoms with E-state index < -0.39 is 0 Å². The molecule has 1 unspecified atom stereocenters. The van der Waals surface area contributed by atoms with Crippen LogP contribution in [0.5, 0.6) is 0 Å². The van der Waals surface area contributed by atoms with Crippen LogP contribution in [0, 0.1) is 17.3 Å². The maximum Gasteiger partial charge on any atom is 0.0720 e. The van der Waals surface area contributed by atoms with Gasteiger partial charge in [-0.15, -0.1) is 5.92 Å². The molecule has 0 aromatic carbocycles. The van der Waals surface area contributed by atoms with Crippen molar-refractivity contribution < 1.29 is 0 Å². The Bertz CT molecular complexity index is 302. The van der Waals surface area contributed by atoms with E-state index in [1.54, 1.807) is 0 Å². The Labute approximate surface area is 131 Å². The molecule has 1 aliphatic heterocycles. The summed E-state index contributed by atoms with van der Waals surface area (Å²) in [6.07, 6.45) is 7.57. The van der Waals surface area contributed by atoms with Gasteiger partial charge in [0.25, 0.3) is 0 Å². The third-order valence-electron chi connectivity index (χ3n) is 3.72. The van der Waals surface area contributed by atoms with Crippen molar-refractivity contribution in [2.24, 2.45) is 5.41 Å². The highest BCUT2D eigenvalue weighted by atomic mass is 32.2. The van der Waals surface area contributed by atoms with Gasteiger partial charge in [0.15, 0.2) is 0 Å². The summed E-state index contributed by atoms with van der Waals surface area (Å²) in [6.45, 7) is 11.7. The molecule has 0 amide bonds. The van der Waals surface area contributed by atoms with Crippen LogP contribution in [0.15, 0.2) is 0 Å². The zero-order chi connectivity index (χ0) is 14.8. The molecule has 1 heterocycles. The van der Waals surface area contributed by atoms with Gasteiger partial charge in [-0.25, -0.2) is 0 Å². The Balaban J connectivity index is 2.47. The lowest BCUT2D eigenvalue weighted by atomic mass is 9.87. The Morgan fingerprint density at radius 2 is 1.80 bits per heavy atom. The molecule has 1 fully saturated rings. The number of hydrogen-bond acceptors (Lipinski definition) is 2. The molecule has 0 saturated carbocycles. The second-order valence-electron chi connectivity index (χ2n) is 7.06. The maximum atomic E-state index is 3.59. The van der Waals surface area contributed by atoms with Crippen LogP contribution in [0.2, 0.25) is 0 Å². The standard InChI is InChI=1S/C18H33NS/c1-5-6-7-8-9-10-11-17(16-18(2,3)4)19-12-14-20-15-13-19/h17H,5-9,12-16H2,1-4H3. The molecular weight excluding hydrogens is 262 g/mol. The Kier molecular flexibility index (Phi) is 8.73. The predicted octanol–water partition coefficient (Wildman–Crippen LogP) is 4.81. The van der Waals surface area contributed by atoms with Gasteiger partial charge in [0.1, 0.15) is 0 Å². The molecule has 1 rings (SSSR count). The summed E-state index contributed by atoms with van der Waals surface area (Å²) >= 11 is 2.08. The fraction of sp³-hybridized carbons (Fsp3) is 0.889. The van der Waals surface area contributed by atoms with E-state index in [2.05, 4.69) is 56.2 Å². The van der Waals surface area contributed by atoms with E-state index >= 15 is 0 Å². The van der Waals surface area contributed by atoms with Crippen LogP contribution in [0.3, 0.4) is 0 Å². The highest BCUT2D eigenvalue weighted by molar-refractivity contribution is 7.99. The van der Waals surface area contributed by atoms with Gasteiger partial charge in [0.2, 0.25) is 0 Å². The van der Waals surface area contributed by atoms with E-state index in [0.29, 0.717) is 11.5 Å². The molecule has 0 aliphatic carbocycles. The van der Waals surface area contributed by atoms with Gasteiger partial charge >= 0.3 is 0 Å². The predicted molar refractivity (Wildman–Crippen MR) is 93.3 cm³/mol. The summed E-state index contributed by atoms with van der Waals surface area (Å²) in [7, 11) is 0. The third-order valence-corrected chi connectivity index (χ3v) is 4.66. The van der Waals surface area contributed by atoms with Crippen molar-refractivity contribution in [2.75, 3.05) is 24.6 Å². The molecular formula is C18H33NS. The maximum absolute atomic E-state index is 3.59. The number of hydrogen-bond donors (Lipinski definition) is 0. The lowest BCUT2D eigenvalue weighted by Gasteiger charge is -2.34. The summed E-state index contributed by atoms with van der Waals surface area (Å²) in [5.41, 5.74) is 0.367. The van der Waals surface area contributed by atoms with Crippen molar-refractivity contribution in [1.29, 1.82) is 0 Å². The first kappa shape index (κ1) is 17.9. The summed E-state index contributed by atoms with van der Waals surface area (Å²) in [5.74, 6) is 9.61. The molecule has 0 radical (unpaired) electrons. The summed E-state index contributed by atoms with van der Waals surface area (Å²) < 4.78 is 0. The van der Waals surface area contributed by atoms with Crippen molar-refractivity contribution in [2.45, 2.75) is 72.3 Å². The van der Waals surface area contributed by atoms with Gasteiger partial charge in [-0.05, 0) is 18.3 Å². The van der Waals surface area contributed by atoms with Gasteiger partial charge in [-0.1, -0.05) is 52.9 Å². The van der Waals surface area contributed by atoms with Crippen LogP contribution < -0.4 is 0 Å². The van der Waals surface area contributed by atoms with Gasteiger partial charge in [0.05, 0.1) is 6.04 Å². The highest BCUT2D eigenvalue weighted by Gasteiger charge is 2.24. The first-order valence-corrected chi connectivity index (χ1v) is 9.48. The smallest absolute Gasteiger partial charge is 0.0720 e. The molecule has 0 N–H and O–H groups in total. The van der Waals surface area contributed by atoms with Crippen LogP contribution in [-0.4, -0.2) is 35.5 Å². The van der Waals surface area contributed by atoms with Crippen molar-refractivity contribution in [3.05, 3.63) is 0 Å². The topological polar surface area (TPSA) is 3.24 Å². The number of unbranched alkanes of at least 4 members (excludes halogenated alkanes) is 4. The SMILES string of the molecule is CCCCCCC#CC(CC(C)(C)C)N1CCSCC1. The van der Waals surface area contributed by atoms with Crippen LogP contribution in [0.4, 0.5) is 0 Å². The van der Waals surface area contributed by atoms with Crippen LogP contribution in [0.25, 0.3) is 0 Å². The molecule has 0 bridgehead atoms. The normalized spacial score (nSPS) is 18.4. The summed E-state index contributed by atoms with van der Waals surface area (Å²) in [4.78, 5) is 2.61. The quantitative estimate of drug-likeness (QED) is 0.511. The summed E-state index contributed by atoms with van der Waals surface area (Å²) in [6, 6.07) is 0.474. The van der Waals surface area contributed by atoms with E-state index in [1.807, 2.05) is 0 Å². The van der Waals surface area contributed by atoms with Crippen molar-refractivity contribution >= 4 is 11.8 Å². The van der Waals surface area contributed by atoms with Gasteiger partial charge in [-0.3, -0.25) is 4.90 Å². The Hall–Kier alpha value is -0.130. The Morgan fingerprint density at radius 3 is 2.40 bits per heavy atom. The molecule has 20 heavy (non-hydrogen) atoms. The van der Waals surface area contributed by atoms with E-state index in [0.717, 1.165) is 6.42 Å². The molecule has 1 saturated heterocycles. The highest BCUT2D eigenvalue weighted by Crippen LogP contribution is 2.25. The first-order valence-electron chi connectivity index (χ1n) is 8.33. The number of nitrogens with zero attached hydrogens (tertiary/aromatic N) is 1. The van der Waals surface area contributed by atoms with E-state index in [9.17, 15) is 0 Å². The van der Waals surface area contributed by atoms with Crippen LogP contribution in [0.1, 0.15) is 66.2 Å². The molecule has 1 nitrogen and oxygen atoms in total. The average Bonchev–Trinajstić information content (AvgIpc) is 2.41. The largest absolute Gasteiger partial charge is 0.288 e. The second kappa shape index (κ2) is 9.74. The minimum atomic E-state index is 0.367. The van der Waals surface area contributed by atoms with Gasteiger partial charge in [-0.2, -0.15) is 11.8 Å². The first-order chi connectivity index (χ1) is 9.53. The van der Waals surface area contributed by atoms with E-state index in [4.69, 9.17) is 0 Å². The average molecular weight is 296 g/mol. The number of thioether (sulfide) groups is 1. The van der Waals surface area contributed by atoms with Crippen molar-refractivity contribution in [3.8, 4) is 11.8 Å². The fourth-order valence-electron chi connectivity index (χ4n) is 2.57. The van der Waals surface area contributed by atoms with Gasteiger partial charge < -0.3 is 0 Å². The van der Waals surface area contributed by atoms with E-state index in [1.165, 1.54) is 56.7 Å². The molecule has 0 aromatic heterocycles. The minimum Gasteiger partial charge on any atom is -0.288 e. The number of rotatable bonds is 6. The minimum absolute atomic E-state index is 0.367. The summed E-state index contributed by atoms with van der Waals surface area (Å²) in [5, 5.41) is 0. The second-order valence-corrected chi connectivity index (χ2v) is 8.29. The van der Waals surface area contributed by atoms with Gasteiger partial charge in [0, 0.05) is 31.0 Å². The molecule has 116 valence electrons. The molecule has 1 atom stereocenters. The third kappa shape index (κ3) is 8.22. The van der Waals surface area contributed by atoms with Crippen LogP contribution >= 0.6 is 11.8 Å². The fourth-order valence-corrected chi connectivity index (χ4v) is 3.50.